The molecule has 0 saturated carbocycles. The van der Waals surface area contributed by atoms with E-state index in [9.17, 15) is 4.79 Å². The molecule has 1 fully saturated rings. The molecule has 0 bridgehead atoms. The second-order valence-corrected chi connectivity index (χ2v) is 5.90. The van der Waals surface area contributed by atoms with Crippen LogP contribution in [0.25, 0.3) is 0 Å². The van der Waals surface area contributed by atoms with Gasteiger partial charge in [0.1, 0.15) is 5.75 Å². The van der Waals surface area contributed by atoms with Gasteiger partial charge in [0.25, 0.3) is 5.91 Å². The number of ether oxygens (including phenoxy) is 1. The van der Waals surface area contributed by atoms with E-state index in [1.54, 1.807) is 7.11 Å². The quantitative estimate of drug-likeness (QED) is 0.802. The van der Waals surface area contributed by atoms with Crippen molar-refractivity contribution >= 4 is 33.2 Å². The predicted octanol–water partition coefficient (Wildman–Crippen LogP) is 3.00. The second-order valence-electron chi connectivity index (χ2n) is 4.34. The summed E-state index contributed by atoms with van der Waals surface area (Å²) in [6, 6.07) is 2.14. The number of nitrogens with zero attached hydrogens (tertiary/aromatic N) is 1. The number of alkyl halides is 1. The van der Waals surface area contributed by atoms with Crippen molar-refractivity contribution in [2.45, 2.75) is 19.4 Å². The van der Waals surface area contributed by atoms with Gasteiger partial charge in [-0.3, -0.25) is 4.79 Å². The summed E-state index contributed by atoms with van der Waals surface area (Å²) in [4.78, 5) is 15.1. The molecule has 1 aromatic heterocycles. The molecule has 1 amide bonds. The van der Waals surface area contributed by atoms with E-state index in [-0.39, 0.29) is 5.91 Å². The molecule has 0 aromatic carbocycles. The van der Waals surface area contributed by atoms with Gasteiger partial charge < -0.3 is 9.64 Å². The number of hydrogen-bond acceptors (Lipinski definition) is 3. The molecule has 2 rings (SSSR count). The van der Waals surface area contributed by atoms with Crippen molar-refractivity contribution < 1.29 is 9.53 Å². The highest BCUT2D eigenvalue weighted by Crippen LogP contribution is 2.29. The van der Waals surface area contributed by atoms with Gasteiger partial charge >= 0.3 is 0 Å². The maximum absolute atomic E-state index is 12.4. The van der Waals surface area contributed by atoms with Crippen LogP contribution in [0.15, 0.2) is 11.4 Å². The Morgan fingerprint density at radius 2 is 2.47 bits per heavy atom. The number of hydrogen-bond donors (Lipinski definition) is 0. The van der Waals surface area contributed by atoms with Crippen LogP contribution in [0.1, 0.15) is 23.0 Å². The normalized spacial score (nSPS) is 24.1. The highest BCUT2D eigenvalue weighted by Gasteiger charge is 2.34. The van der Waals surface area contributed by atoms with Gasteiger partial charge in [-0.15, -0.1) is 11.3 Å². The first-order valence-corrected chi connectivity index (χ1v) is 7.67. The van der Waals surface area contributed by atoms with Crippen LogP contribution in [0.2, 0.25) is 0 Å². The molecule has 1 aromatic rings. The third-order valence-corrected chi connectivity index (χ3v) is 4.88. The molecule has 0 N–H and O–H groups in total. The van der Waals surface area contributed by atoms with Crippen molar-refractivity contribution in [3.05, 3.63) is 16.3 Å². The van der Waals surface area contributed by atoms with Crippen LogP contribution in [0.5, 0.6) is 5.75 Å². The average Bonchev–Trinajstić information content (AvgIpc) is 2.94. The third kappa shape index (κ3) is 2.50. The molecular formula is C12H16BrNO2S. The number of amides is 1. The minimum absolute atomic E-state index is 0.132. The molecule has 1 saturated heterocycles. The van der Waals surface area contributed by atoms with E-state index in [1.165, 1.54) is 11.3 Å². The highest BCUT2D eigenvalue weighted by molar-refractivity contribution is 9.09. The molecule has 2 atom stereocenters. The largest absolute Gasteiger partial charge is 0.496 e. The lowest BCUT2D eigenvalue weighted by Crippen LogP contribution is -2.38. The maximum atomic E-state index is 12.4. The standard InChI is InChI=1S/C12H16BrNO2S/c1-8-3-4-14(10(8)6-13)12(15)11-5-9(16-2)7-17-11/h5,7-8,10H,3-4,6H2,1-2H3. The van der Waals surface area contributed by atoms with Crippen LogP contribution in [0.4, 0.5) is 0 Å². The second kappa shape index (κ2) is 5.40. The first-order valence-electron chi connectivity index (χ1n) is 5.66. The van der Waals surface area contributed by atoms with Crippen molar-refractivity contribution in [3.63, 3.8) is 0 Å². The Balaban J connectivity index is 2.14. The lowest BCUT2D eigenvalue weighted by molar-refractivity contribution is 0.0743. The van der Waals surface area contributed by atoms with Crippen molar-refractivity contribution in [2.24, 2.45) is 5.92 Å². The molecule has 94 valence electrons. The zero-order chi connectivity index (χ0) is 12.4. The van der Waals surface area contributed by atoms with Crippen molar-refractivity contribution in [1.82, 2.24) is 4.90 Å². The third-order valence-electron chi connectivity index (χ3n) is 3.32. The Kier molecular flexibility index (Phi) is 4.09. The first-order chi connectivity index (χ1) is 8.17. The average molecular weight is 318 g/mol. The molecule has 5 heteroatoms. The molecule has 1 aliphatic rings. The summed E-state index contributed by atoms with van der Waals surface area (Å²) in [6.07, 6.45) is 1.09. The van der Waals surface area contributed by atoms with Crippen LogP contribution >= 0.6 is 27.3 Å². The number of thiophene rings is 1. The molecule has 1 aliphatic heterocycles. The van der Waals surface area contributed by atoms with E-state index in [2.05, 4.69) is 22.9 Å². The van der Waals surface area contributed by atoms with Gasteiger partial charge in [-0.2, -0.15) is 0 Å². The number of rotatable bonds is 3. The summed E-state index contributed by atoms with van der Waals surface area (Å²) in [6.45, 7) is 3.06. The molecular weight excluding hydrogens is 302 g/mol. The summed E-state index contributed by atoms with van der Waals surface area (Å²) in [5.41, 5.74) is 0. The summed E-state index contributed by atoms with van der Waals surface area (Å²) < 4.78 is 5.11. The van der Waals surface area contributed by atoms with Gasteiger partial charge in [-0.05, 0) is 12.3 Å². The Morgan fingerprint density at radius 3 is 3.06 bits per heavy atom. The van der Waals surface area contributed by atoms with E-state index >= 15 is 0 Å². The Bertz CT molecular complexity index is 407. The zero-order valence-electron chi connectivity index (χ0n) is 9.98. The summed E-state index contributed by atoms with van der Waals surface area (Å²) in [5, 5.41) is 2.72. The monoisotopic (exact) mass is 317 g/mol. The molecule has 0 spiro atoms. The minimum Gasteiger partial charge on any atom is -0.496 e. The fourth-order valence-electron chi connectivity index (χ4n) is 2.18. The van der Waals surface area contributed by atoms with Crippen LogP contribution in [0, 0.1) is 5.92 Å². The van der Waals surface area contributed by atoms with E-state index in [4.69, 9.17) is 4.74 Å². The number of likely N-dealkylation sites (tertiary alicyclic amines) is 1. The van der Waals surface area contributed by atoms with E-state index < -0.39 is 0 Å². The van der Waals surface area contributed by atoms with Gasteiger partial charge in [0.05, 0.1) is 12.0 Å². The maximum Gasteiger partial charge on any atom is 0.264 e. The number of carbonyl (C=O) groups is 1. The van der Waals surface area contributed by atoms with Gasteiger partial charge in [-0.1, -0.05) is 22.9 Å². The van der Waals surface area contributed by atoms with Gasteiger partial charge in [0.15, 0.2) is 0 Å². The summed E-state index contributed by atoms with van der Waals surface area (Å²) >= 11 is 4.95. The fraction of sp³-hybridized carbons (Fsp3) is 0.583. The SMILES string of the molecule is COc1csc(C(=O)N2CCC(C)C2CBr)c1. The Labute approximate surface area is 114 Å². The molecule has 2 unspecified atom stereocenters. The van der Waals surface area contributed by atoms with E-state index in [0.717, 1.165) is 28.9 Å². The van der Waals surface area contributed by atoms with Crippen LogP contribution in [-0.4, -0.2) is 35.8 Å². The molecule has 0 aliphatic carbocycles. The zero-order valence-corrected chi connectivity index (χ0v) is 12.4. The molecule has 0 radical (unpaired) electrons. The molecule has 2 heterocycles. The Morgan fingerprint density at radius 1 is 1.71 bits per heavy atom. The van der Waals surface area contributed by atoms with Gasteiger partial charge in [0, 0.05) is 29.4 Å². The van der Waals surface area contributed by atoms with E-state index in [0.29, 0.717) is 12.0 Å². The smallest absolute Gasteiger partial charge is 0.264 e. The molecule has 17 heavy (non-hydrogen) atoms. The van der Waals surface area contributed by atoms with Gasteiger partial charge in [0.2, 0.25) is 0 Å². The summed E-state index contributed by atoms with van der Waals surface area (Å²) in [7, 11) is 1.62. The summed E-state index contributed by atoms with van der Waals surface area (Å²) in [5.74, 6) is 1.47. The number of carbonyl (C=O) groups excluding carboxylic acids is 1. The minimum atomic E-state index is 0.132. The highest BCUT2D eigenvalue weighted by atomic mass is 79.9. The van der Waals surface area contributed by atoms with Gasteiger partial charge in [-0.25, -0.2) is 0 Å². The van der Waals surface area contributed by atoms with E-state index in [1.807, 2.05) is 16.3 Å². The van der Waals surface area contributed by atoms with Crippen LogP contribution in [0.3, 0.4) is 0 Å². The Hall–Kier alpha value is -0.550. The van der Waals surface area contributed by atoms with Crippen molar-refractivity contribution in [3.8, 4) is 5.75 Å². The van der Waals surface area contributed by atoms with Crippen LogP contribution in [-0.2, 0) is 0 Å². The predicted molar refractivity (Wildman–Crippen MR) is 73.3 cm³/mol. The molecule has 3 nitrogen and oxygen atoms in total. The fourth-order valence-corrected chi connectivity index (χ4v) is 3.97. The number of halogens is 1. The van der Waals surface area contributed by atoms with Crippen molar-refractivity contribution in [2.75, 3.05) is 19.0 Å². The lowest BCUT2D eigenvalue weighted by atomic mass is 10.1. The van der Waals surface area contributed by atoms with Crippen molar-refractivity contribution in [1.29, 1.82) is 0 Å². The van der Waals surface area contributed by atoms with Crippen LogP contribution < -0.4 is 4.74 Å². The topological polar surface area (TPSA) is 29.5 Å². The first kappa shape index (κ1) is 12.9. The lowest BCUT2D eigenvalue weighted by Gasteiger charge is -2.24. The number of methoxy groups -OCH3 is 1.